The molecule has 1 aromatic heterocycles. The molecule has 0 radical (unpaired) electrons. The minimum atomic E-state index is 0.548. The highest BCUT2D eigenvalue weighted by molar-refractivity contribution is 5.68. The number of aryl methyl sites for hydroxylation is 1. The molecule has 3 heteroatoms. The van der Waals surface area contributed by atoms with Gasteiger partial charge >= 0.3 is 0 Å². The summed E-state index contributed by atoms with van der Waals surface area (Å²) in [5, 5.41) is 0. The number of methoxy groups -OCH3 is 1. The van der Waals surface area contributed by atoms with Crippen LogP contribution >= 0.6 is 0 Å². The zero-order valence-electron chi connectivity index (χ0n) is 10.3. The van der Waals surface area contributed by atoms with E-state index >= 15 is 0 Å². The fraction of sp³-hybridized carbons (Fsp3) is 0.286. The van der Waals surface area contributed by atoms with E-state index in [1.165, 1.54) is 16.7 Å². The maximum Gasteiger partial charge on any atom is 0.122 e. The summed E-state index contributed by atoms with van der Waals surface area (Å²) in [5.41, 5.74) is 10.4. The van der Waals surface area contributed by atoms with Gasteiger partial charge in [0.15, 0.2) is 0 Å². The van der Waals surface area contributed by atoms with Gasteiger partial charge in [-0.15, -0.1) is 0 Å². The number of hydrogen-bond acceptors (Lipinski definition) is 2. The average Bonchev–Trinajstić information content (AvgIpc) is 2.86. The fourth-order valence-corrected chi connectivity index (χ4v) is 2.06. The van der Waals surface area contributed by atoms with Crippen LogP contribution in [0.5, 0.6) is 5.75 Å². The van der Waals surface area contributed by atoms with E-state index in [9.17, 15) is 0 Å². The van der Waals surface area contributed by atoms with Crippen molar-refractivity contribution >= 4 is 0 Å². The first-order chi connectivity index (χ1) is 8.30. The minimum absolute atomic E-state index is 0.548. The molecule has 0 fully saturated rings. The van der Waals surface area contributed by atoms with Crippen LogP contribution in [0, 0.1) is 0 Å². The van der Waals surface area contributed by atoms with E-state index in [-0.39, 0.29) is 0 Å². The van der Waals surface area contributed by atoms with E-state index in [0.29, 0.717) is 6.54 Å². The number of H-pyrrole nitrogens is 1. The fourth-order valence-electron chi connectivity index (χ4n) is 2.06. The molecule has 1 heterocycles. The average molecular weight is 230 g/mol. The summed E-state index contributed by atoms with van der Waals surface area (Å²) in [6.07, 6.45) is 4.90. The molecule has 17 heavy (non-hydrogen) atoms. The van der Waals surface area contributed by atoms with Crippen molar-refractivity contribution in [2.24, 2.45) is 5.73 Å². The van der Waals surface area contributed by atoms with E-state index in [1.807, 2.05) is 18.5 Å². The molecule has 1 aromatic carbocycles. The van der Waals surface area contributed by atoms with Gasteiger partial charge < -0.3 is 15.5 Å². The maximum absolute atomic E-state index is 5.71. The van der Waals surface area contributed by atoms with Gasteiger partial charge in [-0.3, -0.25) is 0 Å². The third kappa shape index (κ3) is 2.19. The number of benzene rings is 1. The second-order valence-corrected chi connectivity index (χ2v) is 3.98. The number of ether oxygens (including phenoxy) is 1. The van der Waals surface area contributed by atoms with Crippen LogP contribution in [0.25, 0.3) is 11.1 Å². The van der Waals surface area contributed by atoms with Gasteiger partial charge in [0.1, 0.15) is 5.75 Å². The molecule has 0 bridgehead atoms. The highest BCUT2D eigenvalue weighted by Gasteiger charge is 2.08. The van der Waals surface area contributed by atoms with Crippen molar-refractivity contribution in [3.8, 4) is 16.9 Å². The van der Waals surface area contributed by atoms with Gasteiger partial charge in [-0.1, -0.05) is 13.0 Å². The van der Waals surface area contributed by atoms with Gasteiger partial charge in [0.25, 0.3) is 0 Å². The zero-order valence-corrected chi connectivity index (χ0v) is 10.3. The van der Waals surface area contributed by atoms with Crippen LogP contribution in [-0.4, -0.2) is 12.1 Å². The van der Waals surface area contributed by atoms with E-state index in [4.69, 9.17) is 10.5 Å². The molecule has 0 amide bonds. The topological polar surface area (TPSA) is 51.0 Å². The molecule has 3 nitrogen and oxygen atoms in total. The summed E-state index contributed by atoms with van der Waals surface area (Å²) in [7, 11) is 1.70. The van der Waals surface area contributed by atoms with Gasteiger partial charge in [0.2, 0.25) is 0 Å². The Bertz CT molecular complexity index is 503. The van der Waals surface area contributed by atoms with E-state index in [0.717, 1.165) is 17.7 Å². The van der Waals surface area contributed by atoms with Crippen molar-refractivity contribution in [3.05, 3.63) is 41.7 Å². The Labute approximate surface area is 102 Å². The van der Waals surface area contributed by atoms with Crippen LogP contribution in [0.3, 0.4) is 0 Å². The normalized spacial score (nSPS) is 10.5. The molecular formula is C14H18N2O. The standard InChI is InChI=1S/C14H18N2O/c1-3-10-6-11(4-5-14(10)17-2)13-9-16-8-12(13)7-15/h4-6,8-9,16H,3,7,15H2,1-2H3. The lowest BCUT2D eigenvalue weighted by Crippen LogP contribution is -1.96. The van der Waals surface area contributed by atoms with Crippen LogP contribution in [-0.2, 0) is 13.0 Å². The molecule has 0 saturated carbocycles. The Balaban J connectivity index is 2.46. The third-order valence-corrected chi connectivity index (χ3v) is 3.02. The molecule has 0 spiro atoms. The summed E-state index contributed by atoms with van der Waals surface area (Å²) in [5.74, 6) is 0.945. The van der Waals surface area contributed by atoms with E-state index in [2.05, 4.69) is 24.0 Å². The Morgan fingerprint density at radius 1 is 1.24 bits per heavy atom. The van der Waals surface area contributed by atoms with E-state index in [1.54, 1.807) is 7.11 Å². The van der Waals surface area contributed by atoms with Crippen molar-refractivity contribution in [1.82, 2.24) is 4.98 Å². The Morgan fingerprint density at radius 2 is 2.06 bits per heavy atom. The predicted octanol–water partition coefficient (Wildman–Crippen LogP) is 2.71. The lowest BCUT2D eigenvalue weighted by Gasteiger charge is -2.09. The van der Waals surface area contributed by atoms with Crippen LogP contribution in [0.1, 0.15) is 18.1 Å². The molecule has 0 aliphatic heterocycles. The monoisotopic (exact) mass is 230 g/mol. The van der Waals surface area contributed by atoms with Crippen LogP contribution in [0.4, 0.5) is 0 Å². The lowest BCUT2D eigenvalue weighted by molar-refractivity contribution is 0.410. The number of nitrogens with two attached hydrogens (primary N) is 1. The van der Waals surface area contributed by atoms with Crippen molar-refractivity contribution in [2.75, 3.05) is 7.11 Å². The maximum atomic E-state index is 5.71. The van der Waals surface area contributed by atoms with Crippen molar-refractivity contribution in [1.29, 1.82) is 0 Å². The number of rotatable bonds is 4. The van der Waals surface area contributed by atoms with Gasteiger partial charge in [0.05, 0.1) is 7.11 Å². The van der Waals surface area contributed by atoms with Gasteiger partial charge in [-0.05, 0) is 35.2 Å². The summed E-state index contributed by atoms with van der Waals surface area (Å²) in [6.45, 7) is 2.68. The predicted molar refractivity (Wildman–Crippen MR) is 70.1 cm³/mol. The Hall–Kier alpha value is -1.74. The van der Waals surface area contributed by atoms with Crippen molar-refractivity contribution in [3.63, 3.8) is 0 Å². The van der Waals surface area contributed by atoms with Crippen molar-refractivity contribution in [2.45, 2.75) is 19.9 Å². The minimum Gasteiger partial charge on any atom is -0.496 e. The highest BCUT2D eigenvalue weighted by Crippen LogP contribution is 2.28. The molecule has 0 saturated heterocycles. The highest BCUT2D eigenvalue weighted by atomic mass is 16.5. The molecule has 2 aromatic rings. The van der Waals surface area contributed by atoms with Gasteiger partial charge in [-0.25, -0.2) is 0 Å². The molecule has 0 atom stereocenters. The lowest BCUT2D eigenvalue weighted by atomic mass is 10.0. The molecule has 2 rings (SSSR count). The largest absolute Gasteiger partial charge is 0.496 e. The number of aromatic amines is 1. The SMILES string of the molecule is CCc1cc(-c2c[nH]cc2CN)ccc1OC. The van der Waals surface area contributed by atoms with Crippen LogP contribution in [0.15, 0.2) is 30.6 Å². The smallest absolute Gasteiger partial charge is 0.122 e. The van der Waals surface area contributed by atoms with Gasteiger partial charge in [0, 0.05) is 24.5 Å². The number of nitrogens with one attached hydrogen (secondary N) is 1. The van der Waals surface area contributed by atoms with Crippen LogP contribution in [0.2, 0.25) is 0 Å². The quantitative estimate of drug-likeness (QED) is 0.848. The number of aromatic nitrogens is 1. The molecule has 90 valence electrons. The molecule has 0 aliphatic rings. The molecule has 0 unspecified atom stereocenters. The summed E-state index contributed by atoms with van der Waals surface area (Å²) >= 11 is 0. The summed E-state index contributed by atoms with van der Waals surface area (Å²) in [4.78, 5) is 3.10. The first kappa shape index (κ1) is 11.7. The zero-order chi connectivity index (χ0) is 12.3. The molecular weight excluding hydrogens is 212 g/mol. The second kappa shape index (κ2) is 5.06. The Kier molecular flexibility index (Phi) is 3.49. The molecule has 0 aliphatic carbocycles. The summed E-state index contributed by atoms with van der Waals surface area (Å²) in [6, 6.07) is 6.25. The third-order valence-electron chi connectivity index (χ3n) is 3.02. The molecule has 3 N–H and O–H groups in total. The first-order valence-corrected chi connectivity index (χ1v) is 5.83. The number of hydrogen-bond donors (Lipinski definition) is 2. The second-order valence-electron chi connectivity index (χ2n) is 3.98. The van der Waals surface area contributed by atoms with Crippen molar-refractivity contribution < 1.29 is 4.74 Å². The van der Waals surface area contributed by atoms with E-state index < -0.39 is 0 Å². The van der Waals surface area contributed by atoms with Crippen LogP contribution < -0.4 is 10.5 Å². The van der Waals surface area contributed by atoms with Gasteiger partial charge in [-0.2, -0.15) is 0 Å². The summed E-state index contributed by atoms with van der Waals surface area (Å²) < 4.78 is 5.33. The Morgan fingerprint density at radius 3 is 2.71 bits per heavy atom. The first-order valence-electron chi connectivity index (χ1n) is 5.83.